The molecule has 0 saturated carbocycles. The van der Waals surface area contributed by atoms with Crippen molar-refractivity contribution in [1.82, 2.24) is 46.6 Å². The number of hydrogen-bond donors (Lipinski definition) is 16. The lowest BCUT2D eigenvalue weighted by molar-refractivity contribution is -0.433. The second-order valence-corrected chi connectivity index (χ2v) is 23.5. The van der Waals surface area contributed by atoms with Gasteiger partial charge in [-0.15, -0.1) is 10.2 Å². The minimum atomic E-state index is -2.56. The fourth-order valence-electron chi connectivity index (χ4n) is 10.9. The lowest BCUT2D eigenvalue weighted by atomic mass is 9.96. The quantitative estimate of drug-likeness (QED) is 0.0225. The van der Waals surface area contributed by atoms with Gasteiger partial charge in [0.15, 0.2) is 17.7 Å². The Hall–Kier alpha value is -7.71. The van der Waals surface area contributed by atoms with Crippen molar-refractivity contribution in [3.63, 3.8) is 0 Å². The van der Waals surface area contributed by atoms with E-state index in [1.807, 2.05) is 29.6 Å². The molecule has 1 aromatic heterocycles. The first-order valence-electron chi connectivity index (χ1n) is 28.1. The summed E-state index contributed by atoms with van der Waals surface area (Å²) < 4.78 is 9.18. The highest BCUT2D eigenvalue weighted by Crippen LogP contribution is 2.35. The van der Waals surface area contributed by atoms with Crippen molar-refractivity contribution in [3.05, 3.63) is 77.9 Å². The molecule has 34 heteroatoms. The lowest BCUT2D eigenvalue weighted by Gasteiger charge is -2.34. The minimum absolute atomic E-state index is 0.0341. The maximum atomic E-state index is 14.7. The maximum absolute atomic E-state index is 14.7. The number of aliphatic hydroxyl groups is 8. The maximum Gasteiger partial charge on any atom is 0.261 e. The van der Waals surface area contributed by atoms with Gasteiger partial charge in [-0.05, 0) is 80.3 Å². The minimum Gasteiger partial charge on any atom is -0.504 e. The number of aromatic hydroxyl groups is 1. The summed E-state index contributed by atoms with van der Waals surface area (Å²) in [6, 6.07) is 3.95. The summed E-state index contributed by atoms with van der Waals surface area (Å²) in [6.07, 6.45) is -16.2. The molecular weight excluding hydrogens is 1210 g/mol. The Morgan fingerprint density at radius 2 is 1.38 bits per heavy atom. The molecule has 0 bridgehead atoms. The molecule has 4 aliphatic rings. The number of primary amides is 1. The number of hydrogen-bond acceptors (Lipinski definition) is 26. The highest BCUT2D eigenvalue weighted by molar-refractivity contribution is 7.90. The molecule has 3 aromatic carbocycles. The Morgan fingerprint density at radius 1 is 0.764 bits per heavy atom. The third-order valence-corrected chi connectivity index (χ3v) is 17.1. The highest BCUT2D eigenvalue weighted by Gasteiger charge is 2.51. The Labute approximate surface area is 515 Å². The molecule has 89 heavy (non-hydrogen) atoms. The Bertz CT molecular complexity index is 3200. The van der Waals surface area contributed by atoms with Crippen LogP contribution in [0.2, 0.25) is 0 Å². The molecule has 32 nitrogen and oxygen atoms in total. The van der Waals surface area contributed by atoms with E-state index in [0.717, 1.165) is 62.3 Å². The van der Waals surface area contributed by atoms with Gasteiger partial charge in [0.2, 0.25) is 41.4 Å². The van der Waals surface area contributed by atoms with Crippen LogP contribution in [0.5, 0.6) is 11.5 Å². The van der Waals surface area contributed by atoms with Crippen LogP contribution < -0.4 is 41.4 Å². The molecule has 0 aliphatic carbocycles. The largest absolute Gasteiger partial charge is 0.504 e. The first-order chi connectivity index (χ1) is 42.3. The number of phenols is 1. The van der Waals surface area contributed by atoms with Crippen LogP contribution in [-0.4, -0.2) is 224 Å². The molecule has 482 valence electrons. The SMILES string of the molecule is CC(O)C1NC(=O)[C@@H](NC(=O)c2ccc(-c3nnc(-c4ccc(N5CCCCC5)cc4)s3)cc2)CC(O)C(O)NC(=O)C2C(O)C(C)CN2C(=O)C(C(O)CC(N)=O)NC(=O)C(C(O)C(O)c2ccc(O)c(OSOOO)c2)NC(=O)C2CC(O)CN2C1=O. The molecule has 4 saturated heterocycles. The van der Waals surface area contributed by atoms with Gasteiger partial charge in [-0.1, -0.05) is 45.8 Å². The number of anilines is 1. The smallest absolute Gasteiger partial charge is 0.261 e. The number of amides is 8. The highest BCUT2D eigenvalue weighted by atomic mass is 32.2. The number of carbonyl (C=O) groups excluding carboxylic acids is 8. The number of benzene rings is 3. The number of nitrogens with one attached hydrogen (secondary N) is 5. The topological polar surface area (TPSA) is 488 Å². The molecule has 15 atom stereocenters. The standard InChI is InChI=1S/C55H69N11O21S2/c1-24-22-66-42(43(24)73)51(81)61-49(79)36(71)20-32(57-46(76)26-6-8-27(9-7-26)52-62-63-53(88-52)28-10-13-30(14-11-28)64-16-4-3-5-17-64)47(77)58-39(25(2)67)54(82)65-23-31(68)19-33(65)48(78)60-41(50(80)59-40(55(66)83)35(70)21-38(56)72)45(75)44(74)29-12-15-34(69)37(18-29)85-89-87-86-84/h6-15,18,24-25,31-33,35-36,39-45,49,67-71,73-75,79,84H,3-5,16-17,19-23H2,1-2H3,(H2,56,72)(H,57,76)(H,58,77)(H,59,80)(H,60,78)(H,61,81)/t24?,25?,31?,32-,33?,35?,36?,39?,40?,41?,42?,43?,44?,45?,49?/m0/s1. The second-order valence-electron chi connectivity index (χ2n) is 22.1. The predicted molar refractivity (Wildman–Crippen MR) is 309 cm³/mol. The van der Waals surface area contributed by atoms with E-state index in [4.69, 9.17) is 15.2 Å². The Balaban J connectivity index is 1.11. The van der Waals surface area contributed by atoms with Crippen LogP contribution in [0, 0.1) is 5.92 Å². The summed E-state index contributed by atoms with van der Waals surface area (Å²) in [4.78, 5) is 117. The van der Waals surface area contributed by atoms with Gasteiger partial charge < -0.3 is 97.2 Å². The third kappa shape index (κ3) is 16.0. The van der Waals surface area contributed by atoms with Crippen LogP contribution in [0.3, 0.4) is 0 Å². The zero-order chi connectivity index (χ0) is 64.5. The summed E-state index contributed by atoms with van der Waals surface area (Å²) in [6.45, 7) is 3.18. The van der Waals surface area contributed by atoms with Crippen LogP contribution in [0.25, 0.3) is 21.1 Å². The van der Waals surface area contributed by atoms with Crippen LogP contribution in [-0.2, 0) is 42.9 Å². The van der Waals surface area contributed by atoms with Gasteiger partial charge in [0.25, 0.3) is 18.2 Å². The number of fused-ring (bicyclic) bond motifs is 2. The molecule has 4 aromatic rings. The van der Waals surface area contributed by atoms with Crippen molar-refractivity contribution >= 4 is 76.6 Å². The van der Waals surface area contributed by atoms with E-state index in [0.29, 0.717) is 25.4 Å². The average Bonchev–Trinajstić information content (AvgIpc) is 2.83. The van der Waals surface area contributed by atoms with Gasteiger partial charge in [-0.2, -0.15) is 0 Å². The summed E-state index contributed by atoms with van der Waals surface area (Å²) in [7, 11) is 0. The first kappa shape index (κ1) is 67.2. The number of aliphatic hydroxyl groups excluding tert-OH is 8. The number of nitrogens with zero attached hydrogens (tertiary/aromatic N) is 5. The second kappa shape index (κ2) is 29.7. The molecule has 4 aliphatic heterocycles. The van der Waals surface area contributed by atoms with Crippen molar-refractivity contribution in [3.8, 4) is 32.6 Å². The summed E-state index contributed by atoms with van der Waals surface area (Å²) in [5, 5.41) is 135. The van der Waals surface area contributed by atoms with Crippen LogP contribution >= 0.6 is 23.7 Å². The zero-order valence-electron chi connectivity index (χ0n) is 47.7. The van der Waals surface area contributed by atoms with Crippen LogP contribution in [0.1, 0.15) is 74.4 Å². The van der Waals surface area contributed by atoms with Gasteiger partial charge in [0, 0.05) is 67.3 Å². The zero-order valence-corrected chi connectivity index (χ0v) is 49.3. The van der Waals surface area contributed by atoms with E-state index in [9.17, 15) is 84.3 Å². The molecule has 0 radical (unpaired) electrons. The van der Waals surface area contributed by atoms with Crippen LogP contribution in [0.4, 0.5) is 5.69 Å². The number of rotatable bonds is 16. The van der Waals surface area contributed by atoms with Crippen molar-refractivity contribution in [2.75, 3.05) is 31.1 Å². The molecule has 0 spiro atoms. The summed E-state index contributed by atoms with van der Waals surface area (Å²) in [5.74, 6) is -12.7. The molecule has 17 N–H and O–H groups in total. The predicted octanol–water partition coefficient (Wildman–Crippen LogP) is -3.44. The fourth-order valence-corrected chi connectivity index (χ4v) is 12.0. The van der Waals surface area contributed by atoms with Gasteiger partial charge >= 0.3 is 0 Å². The number of aromatic nitrogens is 2. The van der Waals surface area contributed by atoms with E-state index in [2.05, 4.69) is 45.7 Å². The summed E-state index contributed by atoms with van der Waals surface area (Å²) in [5.41, 5.74) is 7.45. The monoisotopic (exact) mass is 1280 g/mol. The van der Waals surface area contributed by atoms with Gasteiger partial charge in [0.05, 0.1) is 30.8 Å². The van der Waals surface area contributed by atoms with E-state index in [1.54, 1.807) is 12.1 Å². The van der Waals surface area contributed by atoms with Crippen molar-refractivity contribution in [2.45, 2.75) is 138 Å². The van der Waals surface area contributed by atoms with E-state index in [-0.39, 0.29) is 23.5 Å². The van der Waals surface area contributed by atoms with Crippen LogP contribution in [0.15, 0.2) is 66.7 Å². The van der Waals surface area contributed by atoms with Crippen molar-refractivity contribution < 1.29 is 103 Å². The Kier molecular flexibility index (Phi) is 22.5. The molecule has 8 rings (SSSR count). The molecule has 14 unspecified atom stereocenters. The van der Waals surface area contributed by atoms with Gasteiger partial charge in [-0.25, -0.2) is 5.26 Å². The molecular formula is C55H69N11O21S2. The van der Waals surface area contributed by atoms with Gasteiger partial charge in [-0.3, -0.25) is 38.4 Å². The average molecular weight is 1280 g/mol. The first-order valence-corrected chi connectivity index (χ1v) is 29.6. The molecule has 4 fully saturated rings. The summed E-state index contributed by atoms with van der Waals surface area (Å²) >= 11 is 1.26. The normalized spacial score (nSPS) is 27.4. The molecule has 8 amide bonds. The van der Waals surface area contributed by atoms with E-state index < -0.39 is 182 Å². The third-order valence-electron chi connectivity index (χ3n) is 15.7. The van der Waals surface area contributed by atoms with E-state index >= 15 is 0 Å². The van der Waals surface area contributed by atoms with Gasteiger partial charge in [0.1, 0.15) is 64.6 Å². The molecule has 5 heterocycles. The fraction of sp³-hybridized carbons (Fsp3) is 0.491. The van der Waals surface area contributed by atoms with E-state index in [1.165, 1.54) is 36.8 Å². The number of piperidine rings is 1. The number of phenolic OH excluding ortho intramolecular Hbond substituents is 1. The number of nitrogens with two attached hydrogens (primary N) is 1. The number of carbonyl (C=O) groups is 8. The van der Waals surface area contributed by atoms with Crippen molar-refractivity contribution in [1.29, 1.82) is 0 Å². The van der Waals surface area contributed by atoms with Crippen molar-refractivity contribution in [2.24, 2.45) is 11.7 Å². The lowest BCUT2D eigenvalue weighted by Crippen LogP contribution is -2.64. The Morgan fingerprint density at radius 3 is 2.01 bits per heavy atom.